The first-order chi connectivity index (χ1) is 15.9. The molecule has 2 aromatic rings. The first-order valence-corrected chi connectivity index (χ1v) is 11.4. The third-order valence-corrected chi connectivity index (χ3v) is 6.42. The number of benzene rings is 2. The van der Waals surface area contributed by atoms with Crippen LogP contribution < -0.4 is 16.0 Å². The molecular formula is C25H30N4O4. The van der Waals surface area contributed by atoms with Crippen LogP contribution in [0.3, 0.4) is 0 Å². The molecule has 2 aliphatic rings. The smallest absolute Gasteiger partial charge is 0.259 e. The Morgan fingerprint density at radius 1 is 1.09 bits per heavy atom. The van der Waals surface area contributed by atoms with Crippen LogP contribution in [-0.2, 0) is 14.3 Å². The lowest BCUT2D eigenvalue weighted by molar-refractivity contribution is -0.150. The molecule has 1 heterocycles. The summed E-state index contributed by atoms with van der Waals surface area (Å²) in [6, 6.07) is 14.4. The molecule has 1 saturated carbocycles. The van der Waals surface area contributed by atoms with Crippen LogP contribution in [0.15, 0.2) is 48.5 Å². The molecule has 33 heavy (non-hydrogen) atoms. The second-order valence-corrected chi connectivity index (χ2v) is 8.63. The van der Waals surface area contributed by atoms with E-state index in [1.807, 2.05) is 12.1 Å². The molecule has 1 aliphatic carbocycles. The highest BCUT2D eigenvalue weighted by atomic mass is 16.5. The van der Waals surface area contributed by atoms with Gasteiger partial charge >= 0.3 is 0 Å². The van der Waals surface area contributed by atoms with Crippen molar-refractivity contribution in [2.75, 3.05) is 23.4 Å². The second kappa shape index (κ2) is 10.1. The number of carbonyl (C=O) groups is 2. The molecule has 1 saturated heterocycles. The molecule has 5 N–H and O–H groups in total. The van der Waals surface area contributed by atoms with Crippen LogP contribution in [0, 0.1) is 5.41 Å². The Balaban J connectivity index is 1.40. The normalized spacial score (nSPS) is 20.3. The number of nitrogens with zero attached hydrogens (tertiary/aromatic N) is 1. The number of hydrogen-bond acceptors (Lipinski definition) is 5. The van der Waals surface area contributed by atoms with Crippen molar-refractivity contribution in [3.8, 4) is 0 Å². The minimum Gasteiger partial charge on any atom is -0.384 e. The Hall–Kier alpha value is -3.23. The average molecular weight is 451 g/mol. The van der Waals surface area contributed by atoms with Gasteiger partial charge in [0.25, 0.3) is 11.8 Å². The Bertz CT molecular complexity index is 1000. The van der Waals surface area contributed by atoms with Crippen molar-refractivity contribution in [3.05, 3.63) is 59.7 Å². The van der Waals surface area contributed by atoms with Gasteiger partial charge in [0.1, 0.15) is 5.84 Å². The highest BCUT2D eigenvalue weighted by Gasteiger charge is 2.39. The van der Waals surface area contributed by atoms with E-state index < -0.39 is 24.0 Å². The first kappa shape index (κ1) is 22.9. The summed E-state index contributed by atoms with van der Waals surface area (Å²) in [5.74, 6) is -0.684. The predicted octanol–water partition coefficient (Wildman–Crippen LogP) is 2.75. The third kappa shape index (κ3) is 5.23. The van der Waals surface area contributed by atoms with Crippen molar-refractivity contribution in [2.45, 2.75) is 50.2 Å². The highest BCUT2D eigenvalue weighted by Crippen LogP contribution is 2.33. The van der Waals surface area contributed by atoms with E-state index in [9.17, 15) is 14.7 Å². The first-order valence-electron chi connectivity index (χ1n) is 11.4. The van der Waals surface area contributed by atoms with Gasteiger partial charge in [-0.3, -0.25) is 15.0 Å². The van der Waals surface area contributed by atoms with Crippen molar-refractivity contribution < 1.29 is 19.4 Å². The number of aliphatic hydroxyl groups is 1. The molecule has 4 rings (SSSR count). The fourth-order valence-corrected chi connectivity index (χ4v) is 4.54. The van der Waals surface area contributed by atoms with Crippen molar-refractivity contribution in [1.29, 1.82) is 5.41 Å². The van der Waals surface area contributed by atoms with Crippen molar-refractivity contribution in [3.63, 3.8) is 0 Å². The molecule has 8 nitrogen and oxygen atoms in total. The van der Waals surface area contributed by atoms with Crippen molar-refractivity contribution >= 4 is 29.0 Å². The third-order valence-electron chi connectivity index (χ3n) is 6.42. The van der Waals surface area contributed by atoms with Gasteiger partial charge in [0.2, 0.25) is 0 Å². The number of nitrogens with one attached hydrogen (secondary N) is 2. The van der Waals surface area contributed by atoms with Gasteiger partial charge in [-0.25, -0.2) is 0 Å². The number of anilines is 2. The lowest BCUT2D eigenvalue weighted by Gasteiger charge is -2.34. The Labute approximate surface area is 193 Å². The minimum absolute atomic E-state index is 0.0824. The molecule has 0 bridgehead atoms. The number of carbonyl (C=O) groups excluding carboxylic acids is 2. The molecule has 1 unspecified atom stereocenters. The number of rotatable bonds is 6. The maximum absolute atomic E-state index is 13.1. The number of ether oxygens (including phenoxy) is 1. The van der Waals surface area contributed by atoms with Gasteiger partial charge in [0.15, 0.2) is 12.2 Å². The van der Waals surface area contributed by atoms with Crippen molar-refractivity contribution in [1.82, 2.24) is 0 Å². The summed E-state index contributed by atoms with van der Waals surface area (Å²) in [7, 11) is 0. The molecule has 8 heteroatoms. The number of aliphatic hydroxyl groups excluding tert-OH is 1. The van der Waals surface area contributed by atoms with Gasteiger partial charge in [0.05, 0.1) is 6.61 Å². The maximum atomic E-state index is 13.1. The Morgan fingerprint density at radius 2 is 1.76 bits per heavy atom. The van der Waals surface area contributed by atoms with Crippen LogP contribution in [0.5, 0.6) is 0 Å². The number of amides is 2. The fourth-order valence-electron chi connectivity index (χ4n) is 4.54. The zero-order valence-corrected chi connectivity index (χ0v) is 18.5. The summed E-state index contributed by atoms with van der Waals surface area (Å²) in [5, 5.41) is 20.5. The number of nitrogens with two attached hydrogens (primary N) is 1. The largest absolute Gasteiger partial charge is 0.384 e. The molecule has 0 spiro atoms. The number of morpholine rings is 1. The Morgan fingerprint density at radius 3 is 2.39 bits per heavy atom. The quantitative estimate of drug-likeness (QED) is 0.397. The van der Waals surface area contributed by atoms with E-state index in [1.54, 1.807) is 29.2 Å². The summed E-state index contributed by atoms with van der Waals surface area (Å²) in [5.41, 5.74) is 8.40. The van der Waals surface area contributed by atoms with E-state index in [0.717, 1.165) is 5.69 Å². The topological polar surface area (TPSA) is 129 Å². The monoisotopic (exact) mass is 450 g/mol. The van der Waals surface area contributed by atoms with E-state index in [0.29, 0.717) is 23.7 Å². The van der Waals surface area contributed by atoms with Crippen LogP contribution >= 0.6 is 0 Å². The SMILES string of the molecule is N=C(N)c1ccc(NC(=O)C(O)[C@H]2OCCN(c3ccc(C4CCCCC4)cc3)C2=O)cc1. The predicted molar refractivity (Wildman–Crippen MR) is 126 cm³/mol. The molecule has 1 aliphatic heterocycles. The summed E-state index contributed by atoms with van der Waals surface area (Å²) in [6.45, 7) is 0.581. The molecule has 2 amide bonds. The number of nitrogen functional groups attached to an aromatic ring is 1. The zero-order chi connectivity index (χ0) is 23.4. The van der Waals surface area contributed by atoms with E-state index >= 15 is 0 Å². The van der Waals surface area contributed by atoms with Crippen LogP contribution in [0.25, 0.3) is 0 Å². The molecule has 2 atom stereocenters. The number of hydrogen-bond donors (Lipinski definition) is 4. The highest BCUT2D eigenvalue weighted by molar-refractivity contribution is 6.04. The average Bonchev–Trinajstić information content (AvgIpc) is 2.85. The summed E-state index contributed by atoms with van der Waals surface area (Å²) in [6.07, 6.45) is 3.29. The summed E-state index contributed by atoms with van der Waals surface area (Å²) >= 11 is 0. The van der Waals surface area contributed by atoms with Crippen LogP contribution in [-0.4, -0.2) is 48.1 Å². The maximum Gasteiger partial charge on any atom is 0.259 e. The molecular weight excluding hydrogens is 420 g/mol. The van der Waals surface area contributed by atoms with E-state index in [1.165, 1.54) is 37.7 Å². The van der Waals surface area contributed by atoms with Gasteiger partial charge < -0.3 is 25.8 Å². The second-order valence-electron chi connectivity index (χ2n) is 8.63. The standard InChI is InChI=1S/C25H30N4O4/c26-23(27)18-6-10-19(11-7-18)28-24(31)21(30)22-25(32)29(14-15-33-22)20-12-8-17(9-13-20)16-4-2-1-3-5-16/h6-13,16,21-22,30H,1-5,14-15H2,(H3,26,27)(H,28,31)/t21?,22-/m1/s1. The molecule has 0 radical (unpaired) electrons. The Kier molecular flexibility index (Phi) is 7.05. The lowest BCUT2D eigenvalue weighted by Crippen LogP contribution is -2.55. The van der Waals surface area contributed by atoms with E-state index in [-0.39, 0.29) is 12.4 Å². The van der Waals surface area contributed by atoms with Gasteiger partial charge in [-0.2, -0.15) is 0 Å². The van der Waals surface area contributed by atoms with E-state index in [2.05, 4.69) is 17.4 Å². The molecule has 2 aromatic carbocycles. The van der Waals surface area contributed by atoms with Crippen molar-refractivity contribution in [2.24, 2.45) is 5.73 Å². The zero-order valence-electron chi connectivity index (χ0n) is 18.5. The van der Waals surface area contributed by atoms with Crippen LogP contribution in [0.1, 0.15) is 49.1 Å². The fraction of sp³-hybridized carbons (Fsp3) is 0.400. The van der Waals surface area contributed by atoms with Crippen LogP contribution in [0.4, 0.5) is 11.4 Å². The number of amidine groups is 1. The minimum atomic E-state index is -1.66. The van der Waals surface area contributed by atoms with Gasteiger partial charge in [-0.15, -0.1) is 0 Å². The van der Waals surface area contributed by atoms with Gasteiger partial charge in [-0.05, 0) is 60.7 Å². The summed E-state index contributed by atoms with van der Waals surface area (Å²) < 4.78 is 5.49. The lowest BCUT2D eigenvalue weighted by atomic mass is 9.84. The van der Waals surface area contributed by atoms with Gasteiger partial charge in [-0.1, -0.05) is 31.4 Å². The van der Waals surface area contributed by atoms with Crippen LogP contribution in [0.2, 0.25) is 0 Å². The van der Waals surface area contributed by atoms with Gasteiger partial charge in [0, 0.05) is 23.5 Å². The molecule has 2 fully saturated rings. The van der Waals surface area contributed by atoms with E-state index in [4.69, 9.17) is 15.9 Å². The molecule has 174 valence electrons. The summed E-state index contributed by atoms with van der Waals surface area (Å²) in [4.78, 5) is 27.2. The molecule has 0 aromatic heterocycles.